The molecule has 2 nitrogen and oxygen atoms in total. The van der Waals surface area contributed by atoms with E-state index in [2.05, 4.69) is 0 Å². The molecular weight excluding hydrogens is 389 g/mol. The number of hydrogen-bond donors (Lipinski definition) is 0. The molecule has 0 amide bonds. The van der Waals surface area contributed by atoms with Gasteiger partial charge in [0.1, 0.15) is 13.2 Å². The van der Waals surface area contributed by atoms with E-state index in [9.17, 15) is 0 Å². The third-order valence-corrected chi connectivity index (χ3v) is 2.87. The van der Waals surface area contributed by atoms with Crippen molar-refractivity contribution in [1.29, 1.82) is 0 Å². The summed E-state index contributed by atoms with van der Waals surface area (Å²) in [7, 11) is 0. The van der Waals surface area contributed by atoms with Crippen LogP contribution in [0.1, 0.15) is 12.5 Å². The van der Waals surface area contributed by atoms with Crippen molar-refractivity contribution in [1.82, 2.24) is 0 Å². The molecule has 1 rings (SSSR count). The molecule has 0 N–H and O–H groups in total. The number of para-hydroxylation sites is 1. The summed E-state index contributed by atoms with van der Waals surface area (Å²) in [6.07, 6.45) is 0.722. The fourth-order valence-electron chi connectivity index (χ4n) is 1.43. The minimum atomic E-state index is -1.52. The SMILES string of the molecule is CCc1cccc(OCC(Cl)(Cl)Cl)c1OCC(Cl)(Cl)Cl. The van der Waals surface area contributed by atoms with Crippen LogP contribution in [0.3, 0.4) is 0 Å². The molecule has 0 fully saturated rings. The molecule has 0 unspecified atom stereocenters. The largest absolute Gasteiger partial charge is 0.485 e. The van der Waals surface area contributed by atoms with Crippen molar-refractivity contribution in [2.24, 2.45) is 0 Å². The smallest absolute Gasteiger partial charge is 0.223 e. The van der Waals surface area contributed by atoms with Crippen LogP contribution in [0, 0.1) is 0 Å². The third-order valence-electron chi connectivity index (χ3n) is 2.21. The number of benzene rings is 1. The van der Waals surface area contributed by atoms with Gasteiger partial charge in [0.15, 0.2) is 11.5 Å². The molecule has 0 saturated heterocycles. The zero-order chi connectivity index (χ0) is 15.4. The van der Waals surface area contributed by atoms with Crippen molar-refractivity contribution in [3.8, 4) is 11.5 Å². The summed E-state index contributed by atoms with van der Waals surface area (Å²) in [6.45, 7) is 1.74. The van der Waals surface area contributed by atoms with E-state index < -0.39 is 7.59 Å². The fourth-order valence-corrected chi connectivity index (χ4v) is 1.76. The summed E-state index contributed by atoms with van der Waals surface area (Å²) in [5, 5.41) is 0. The summed E-state index contributed by atoms with van der Waals surface area (Å²) >= 11 is 34.0. The summed E-state index contributed by atoms with van der Waals surface area (Å²) in [5.41, 5.74) is 0.904. The highest BCUT2D eigenvalue weighted by atomic mass is 35.6. The molecule has 0 atom stereocenters. The Balaban J connectivity index is 2.92. The quantitative estimate of drug-likeness (QED) is 0.586. The second-order valence-electron chi connectivity index (χ2n) is 3.91. The van der Waals surface area contributed by atoms with Gasteiger partial charge in [-0.15, -0.1) is 0 Å². The minimum Gasteiger partial charge on any atom is -0.485 e. The van der Waals surface area contributed by atoms with E-state index in [4.69, 9.17) is 79.1 Å². The molecule has 0 aliphatic heterocycles. The molecule has 0 radical (unpaired) electrons. The summed E-state index contributed by atoms with van der Waals surface area (Å²) in [6, 6.07) is 5.40. The predicted molar refractivity (Wildman–Crippen MR) is 87.4 cm³/mol. The number of aryl methyl sites for hydroxylation is 1. The summed E-state index contributed by atoms with van der Waals surface area (Å²) in [5.74, 6) is 0.917. The molecule has 0 heterocycles. The second kappa shape index (κ2) is 7.71. The molecule has 0 spiro atoms. The van der Waals surface area contributed by atoms with Crippen LogP contribution >= 0.6 is 69.6 Å². The van der Waals surface area contributed by atoms with Crippen molar-refractivity contribution in [2.45, 2.75) is 20.9 Å². The van der Waals surface area contributed by atoms with Gasteiger partial charge < -0.3 is 9.47 Å². The standard InChI is InChI=1S/C12H12Cl6O2/c1-2-8-4-3-5-9(19-6-11(13,14)15)10(8)20-7-12(16,17)18/h3-5H,2,6-7H2,1H3. The zero-order valence-electron chi connectivity index (χ0n) is 10.4. The molecule has 20 heavy (non-hydrogen) atoms. The first kappa shape index (κ1) is 18.6. The lowest BCUT2D eigenvalue weighted by molar-refractivity contribution is 0.273. The highest BCUT2D eigenvalue weighted by Gasteiger charge is 2.24. The Hall–Kier alpha value is 0.560. The van der Waals surface area contributed by atoms with Gasteiger partial charge in [-0.3, -0.25) is 0 Å². The summed E-state index contributed by atoms with van der Waals surface area (Å²) < 4.78 is 7.96. The highest BCUT2D eigenvalue weighted by molar-refractivity contribution is 6.68. The Morgan fingerprint density at radius 2 is 1.45 bits per heavy atom. The Labute approximate surface area is 148 Å². The fraction of sp³-hybridized carbons (Fsp3) is 0.500. The number of ether oxygens (including phenoxy) is 2. The zero-order valence-corrected chi connectivity index (χ0v) is 15.0. The molecule has 0 saturated carbocycles. The predicted octanol–water partition coefficient (Wildman–Crippen LogP) is 5.75. The lowest BCUT2D eigenvalue weighted by Crippen LogP contribution is -2.18. The van der Waals surface area contributed by atoms with Crippen molar-refractivity contribution in [3.63, 3.8) is 0 Å². The second-order valence-corrected chi connectivity index (χ2v) is 8.94. The van der Waals surface area contributed by atoms with Crippen LogP contribution in [0.2, 0.25) is 0 Å². The minimum absolute atomic E-state index is 0.112. The number of hydrogen-bond acceptors (Lipinski definition) is 2. The lowest BCUT2D eigenvalue weighted by Gasteiger charge is -2.19. The highest BCUT2D eigenvalue weighted by Crippen LogP contribution is 2.36. The van der Waals surface area contributed by atoms with Crippen LogP contribution in [0.25, 0.3) is 0 Å². The summed E-state index contributed by atoms with van der Waals surface area (Å²) in [4.78, 5) is 0. The number of rotatable bonds is 5. The molecule has 0 bridgehead atoms. The maximum absolute atomic E-state index is 5.68. The van der Waals surface area contributed by atoms with Gasteiger partial charge in [0.05, 0.1) is 0 Å². The lowest BCUT2D eigenvalue weighted by atomic mass is 10.1. The Morgan fingerprint density at radius 1 is 0.900 bits per heavy atom. The van der Waals surface area contributed by atoms with Gasteiger partial charge in [-0.25, -0.2) is 0 Å². The molecule has 114 valence electrons. The van der Waals surface area contributed by atoms with Gasteiger partial charge in [0.25, 0.3) is 0 Å². The van der Waals surface area contributed by atoms with Crippen molar-refractivity contribution >= 4 is 69.6 Å². The van der Waals surface area contributed by atoms with Gasteiger partial charge in [-0.1, -0.05) is 88.7 Å². The molecule has 8 heteroatoms. The van der Waals surface area contributed by atoms with Crippen LogP contribution in [-0.4, -0.2) is 20.8 Å². The van der Waals surface area contributed by atoms with Gasteiger partial charge in [0.2, 0.25) is 7.59 Å². The average molecular weight is 401 g/mol. The average Bonchev–Trinajstić information content (AvgIpc) is 2.32. The first-order valence-electron chi connectivity index (χ1n) is 5.63. The van der Waals surface area contributed by atoms with Crippen LogP contribution < -0.4 is 9.47 Å². The maximum atomic E-state index is 5.68. The van der Waals surface area contributed by atoms with Gasteiger partial charge in [-0.2, -0.15) is 0 Å². The van der Waals surface area contributed by atoms with E-state index in [0.717, 1.165) is 12.0 Å². The molecule has 0 aliphatic rings. The first-order valence-corrected chi connectivity index (χ1v) is 7.90. The normalized spacial score (nSPS) is 12.3. The molecule has 0 aliphatic carbocycles. The van der Waals surface area contributed by atoms with Gasteiger partial charge in [0, 0.05) is 0 Å². The van der Waals surface area contributed by atoms with Crippen LogP contribution in [-0.2, 0) is 6.42 Å². The van der Waals surface area contributed by atoms with Crippen molar-refractivity contribution in [3.05, 3.63) is 23.8 Å². The van der Waals surface area contributed by atoms with Crippen molar-refractivity contribution in [2.75, 3.05) is 13.2 Å². The van der Waals surface area contributed by atoms with Crippen LogP contribution in [0.15, 0.2) is 18.2 Å². The van der Waals surface area contributed by atoms with E-state index in [0.29, 0.717) is 11.5 Å². The van der Waals surface area contributed by atoms with Crippen LogP contribution in [0.5, 0.6) is 11.5 Å². The van der Waals surface area contributed by atoms with Crippen molar-refractivity contribution < 1.29 is 9.47 Å². The third kappa shape index (κ3) is 7.02. The number of halogens is 6. The topological polar surface area (TPSA) is 18.5 Å². The Bertz CT molecular complexity index is 439. The molecular formula is C12H12Cl6O2. The van der Waals surface area contributed by atoms with E-state index >= 15 is 0 Å². The van der Waals surface area contributed by atoms with Crippen LogP contribution in [0.4, 0.5) is 0 Å². The van der Waals surface area contributed by atoms with E-state index in [1.54, 1.807) is 6.07 Å². The molecule has 1 aromatic carbocycles. The molecule has 0 aromatic heterocycles. The van der Waals surface area contributed by atoms with E-state index in [-0.39, 0.29) is 13.2 Å². The first-order chi connectivity index (χ1) is 9.12. The monoisotopic (exact) mass is 398 g/mol. The van der Waals surface area contributed by atoms with E-state index in [1.807, 2.05) is 19.1 Å². The number of alkyl halides is 6. The molecule has 1 aromatic rings. The van der Waals surface area contributed by atoms with Gasteiger partial charge >= 0.3 is 0 Å². The Kier molecular flexibility index (Phi) is 7.17. The Morgan fingerprint density at radius 3 is 1.95 bits per heavy atom. The van der Waals surface area contributed by atoms with E-state index in [1.165, 1.54) is 0 Å². The van der Waals surface area contributed by atoms with Gasteiger partial charge in [-0.05, 0) is 18.1 Å². The maximum Gasteiger partial charge on any atom is 0.223 e.